The molecule has 0 saturated heterocycles. The molecule has 140 valence electrons. The number of carbonyl (C=O) groups is 1. The first-order valence-corrected chi connectivity index (χ1v) is 9.87. The summed E-state index contributed by atoms with van der Waals surface area (Å²) in [5.74, 6) is 1.02. The van der Waals surface area contributed by atoms with E-state index in [0.717, 1.165) is 38.2 Å². The molecular formula is C20H14N7OS+. The predicted octanol–water partition coefficient (Wildman–Crippen LogP) is 3.78. The van der Waals surface area contributed by atoms with Crippen LogP contribution in [0.1, 0.15) is 0 Å². The van der Waals surface area contributed by atoms with Crippen LogP contribution in [0.4, 0.5) is 33.6 Å². The molecule has 9 heteroatoms. The normalized spacial score (nSPS) is 13.4. The quantitative estimate of drug-likeness (QED) is 0.400. The van der Waals surface area contributed by atoms with Crippen LogP contribution in [-0.4, -0.2) is 26.2 Å². The van der Waals surface area contributed by atoms with E-state index < -0.39 is 0 Å². The number of rotatable bonds is 3. The molecule has 1 aliphatic rings. The highest BCUT2D eigenvalue weighted by Crippen LogP contribution is 2.35. The third kappa shape index (κ3) is 2.56. The summed E-state index contributed by atoms with van der Waals surface area (Å²) in [7, 11) is 0. The van der Waals surface area contributed by atoms with Gasteiger partial charge in [0.1, 0.15) is 5.69 Å². The van der Waals surface area contributed by atoms with Gasteiger partial charge in [-0.3, -0.25) is 5.10 Å². The Kier molecular flexibility index (Phi) is 3.40. The van der Waals surface area contributed by atoms with Gasteiger partial charge in [0.25, 0.3) is 0 Å². The summed E-state index contributed by atoms with van der Waals surface area (Å²) in [6.45, 7) is 0. The number of carbonyl (C=O) groups excluding carboxylic acids is 1. The monoisotopic (exact) mass is 400 g/mol. The Balaban J connectivity index is 1.47. The first-order chi connectivity index (χ1) is 14.3. The average Bonchev–Trinajstić information content (AvgIpc) is 3.44. The molecule has 1 aliphatic heterocycles. The lowest BCUT2D eigenvalue weighted by Gasteiger charge is -2.13. The van der Waals surface area contributed by atoms with E-state index in [9.17, 15) is 4.79 Å². The number of aromatic nitrogens is 4. The molecule has 0 fully saturated rings. The van der Waals surface area contributed by atoms with Crippen LogP contribution < -0.4 is 15.5 Å². The number of thiophene rings is 1. The number of benzene rings is 2. The minimum atomic E-state index is -0.147. The fourth-order valence-corrected chi connectivity index (χ4v) is 4.30. The highest BCUT2D eigenvalue weighted by molar-refractivity contribution is 7.17. The Hall–Kier alpha value is -3.82. The summed E-state index contributed by atoms with van der Waals surface area (Å²) in [6, 6.07) is 15.4. The summed E-state index contributed by atoms with van der Waals surface area (Å²) in [4.78, 5) is 23.6. The predicted molar refractivity (Wildman–Crippen MR) is 112 cm³/mol. The number of nitrogens with one attached hydrogen (secondary N) is 2. The van der Waals surface area contributed by atoms with Crippen LogP contribution in [0, 0.1) is 0 Å². The minimum absolute atomic E-state index is 0.147. The van der Waals surface area contributed by atoms with E-state index in [1.807, 2.05) is 53.9 Å². The van der Waals surface area contributed by atoms with Crippen molar-refractivity contribution < 1.29 is 10.1 Å². The van der Waals surface area contributed by atoms with Crippen LogP contribution in [0.15, 0.2) is 60.1 Å². The van der Waals surface area contributed by atoms with E-state index in [0.29, 0.717) is 11.8 Å². The molecule has 0 atom stereocenters. The Morgan fingerprint density at radius 3 is 3.00 bits per heavy atom. The average molecular weight is 400 g/mol. The maximum absolute atomic E-state index is 12.7. The van der Waals surface area contributed by atoms with Gasteiger partial charge in [0.05, 0.1) is 21.9 Å². The van der Waals surface area contributed by atoms with Crippen molar-refractivity contribution in [3.8, 4) is 0 Å². The Bertz CT molecular complexity index is 1410. The van der Waals surface area contributed by atoms with Crippen molar-refractivity contribution in [2.45, 2.75) is 0 Å². The van der Waals surface area contributed by atoms with Crippen molar-refractivity contribution >= 4 is 67.3 Å². The number of quaternary nitrogens is 1. The molecule has 8 nitrogen and oxygen atoms in total. The number of hydrogen-bond acceptors (Lipinski definition) is 6. The largest absolute Gasteiger partial charge is 0.432 e. The van der Waals surface area contributed by atoms with Gasteiger partial charge >= 0.3 is 6.03 Å². The number of amides is 2. The van der Waals surface area contributed by atoms with Crippen molar-refractivity contribution in [3.05, 3.63) is 60.1 Å². The van der Waals surface area contributed by atoms with E-state index in [1.165, 1.54) is 0 Å². The number of aromatic amines is 1. The fourth-order valence-electron chi connectivity index (χ4n) is 3.53. The van der Waals surface area contributed by atoms with Gasteiger partial charge in [0.2, 0.25) is 5.95 Å². The molecule has 5 aromatic rings. The van der Waals surface area contributed by atoms with Crippen molar-refractivity contribution in [2.75, 3.05) is 10.2 Å². The number of para-hydroxylation sites is 2. The first kappa shape index (κ1) is 16.2. The second-order valence-corrected chi connectivity index (χ2v) is 7.60. The van der Waals surface area contributed by atoms with E-state index in [-0.39, 0.29) is 6.03 Å². The van der Waals surface area contributed by atoms with Crippen LogP contribution >= 0.6 is 11.3 Å². The van der Waals surface area contributed by atoms with E-state index in [4.69, 9.17) is 4.98 Å². The molecular weight excluding hydrogens is 386 g/mol. The zero-order chi connectivity index (χ0) is 19.4. The summed E-state index contributed by atoms with van der Waals surface area (Å²) in [5, 5.41) is 15.0. The second-order valence-electron chi connectivity index (χ2n) is 6.68. The van der Waals surface area contributed by atoms with Crippen molar-refractivity contribution in [2.24, 2.45) is 0 Å². The third-order valence-corrected chi connectivity index (χ3v) is 5.78. The number of nitrogens with two attached hydrogens (primary N) is 1. The number of fused-ring (bicyclic) bond motifs is 3. The molecule has 0 bridgehead atoms. The van der Waals surface area contributed by atoms with Crippen molar-refractivity contribution in [3.63, 3.8) is 0 Å². The molecule has 0 unspecified atom stereocenters. The summed E-state index contributed by atoms with van der Waals surface area (Å²) >= 11 is 1.56. The minimum Gasteiger partial charge on any atom is -0.339 e. The number of anilines is 4. The lowest BCUT2D eigenvalue weighted by Crippen LogP contribution is -2.81. The van der Waals surface area contributed by atoms with E-state index in [2.05, 4.69) is 20.5 Å². The molecule has 0 radical (unpaired) electrons. The highest BCUT2D eigenvalue weighted by atomic mass is 32.1. The molecule has 0 spiro atoms. The van der Waals surface area contributed by atoms with Crippen LogP contribution in [0.3, 0.4) is 0 Å². The molecule has 3 aromatic heterocycles. The molecule has 0 aliphatic carbocycles. The van der Waals surface area contributed by atoms with Crippen LogP contribution in [0.2, 0.25) is 0 Å². The Morgan fingerprint density at radius 1 is 1.10 bits per heavy atom. The van der Waals surface area contributed by atoms with Gasteiger partial charge < -0.3 is 5.32 Å². The van der Waals surface area contributed by atoms with E-state index >= 15 is 0 Å². The molecule has 0 saturated carbocycles. The molecule has 6 rings (SSSR count). The maximum atomic E-state index is 12.7. The Labute approximate surface area is 168 Å². The number of hydrogen-bond donors (Lipinski definition) is 3. The number of nitrogens with zero attached hydrogens (tertiary/aromatic N) is 4. The smallest absolute Gasteiger partial charge is 0.339 e. The molecule has 2 aromatic carbocycles. The second kappa shape index (κ2) is 6.09. The topological polar surface area (TPSA) is 103 Å². The zero-order valence-electron chi connectivity index (χ0n) is 15.0. The van der Waals surface area contributed by atoms with Crippen LogP contribution in [0.25, 0.3) is 21.1 Å². The lowest BCUT2D eigenvalue weighted by atomic mass is 10.2. The number of primary amides is 1. The van der Waals surface area contributed by atoms with Crippen molar-refractivity contribution in [1.29, 1.82) is 0 Å². The highest BCUT2D eigenvalue weighted by Gasteiger charge is 2.35. The van der Waals surface area contributed by atoms with Gasteiger partial charge in [0.15, 0.2) is 11.5 Å². The van der Waals surface area contributed by atoms with Gasteiger partial charge in [0, 0.05) is 17.1 Å². The summed E-state index contributed by atoms with van der Waals surface area (Å²) < 4.78 is 0.935. The van der Waals surface area contributed by atoms with Crippen molar-refractivity contribution in [1.82, 2.24) is 20.2 Å². The van der Waals surface area contributed by atoms with Gasteiger partial charge in [-0.05, 0) is 35.7 Å². The van der Waals surface area contributed by atoms with Gasteiger partial charge in [-0.2, -0.15) is 15.0 Å². The molecule has 2 amide bonds. The summed E-state index contributed by atoms with van der Waals surface area (Å²) in [5.41, 5.74) is 4.31. The van der Waals surface area contributed by atoms with Crippen LogP contribution in [-0.2, 0) is 0 Å². The Morgan fingerprint density at radius 2 is 2.03 bits per heavy atom. The molecule has 4 N–H and O–H groups in total. The van der Waals surface area contributed by atoms with Gasteiger partial charge in [-0.15, -0.1) is 11.3 Å². The lowest BCUT2D eigenvalue weighted by molar-refractivity contribution is -0.454. The zero-order valence-corrected chi connectivity index (χ0v) is 15.8. The number of H-pyrrole nitrogens is 1. The maximum Gasteiger partial charge on any atom is 0.432 e. The fraction of sp³-hybridized carbons (Fsp3) is 0. The standard InChI is InChI=1S/C20H13N7OS/c28-20-24-14-3-1-2-4-16(14)27(20)19-23-15-7-8-29-17(15)18(25-19)22-12-5-6-13-11(9-12)10-21-26-13/h1-10H,(H,21,26)(H,24,28)(H,22,23,25)/p+1. The molecule has 4 heterocycles. The van der Waals surface area contributed by atoms with Gasteiger partial charge in [-0.1, -0.05) is 12.1 Å². The third-order valence-electron chi connectivity index (χ3n) is 4.87. The number of urea groups is 1. The summed E-state index contributed by atoms with van der Waals surface area (Å²) in [6.07, 6.45) is 1.78. The van der Waals surface area contributed by atoms with Gasteiger partial charge in [-0.25, -0.2) is 15.1 Å². The SMILES string of the molecule is O=C1[NH2+]c2ccccc2N1c1nc(Nc2ccc3[nH]ncc3c2)c2sccc2n1. The van der Waals surface area contributed by atoms with E-state index in [1.54, 1.807) is 27.8 Å². The first-order valence-electron chi connectivity index (χ1n) is 8.99. The van der Waals surface area contributed by atoms with Crippen LogP contribution in [0.5, 0.6) is 0 Å². The molecule has 29 heavy (non-hydrogen) atoms.